The summed E-state index contributed by atoms with van der Waals surface area (Å²) in [6.07, 6.45) is 5.86. The number of aromatic nitrogens is 5. The van der Waals surface area contributed by atoms with Crippen molar-refractivity contribution in [2.45, 2.75) is 18.9 Å². The number of anilines is 2. The Kier molecular flexibility index (Phi) is 4.80. The molecule has 3 aromatic heterocycles. The Balaban J connectivity index is 1.43. The number of hydrogen-bond acceptors (Lipinski definition) is 6. The van der Waals surface area contributed by atoms with Gasteiger partial charge in [-0.05, 0) is 44.1 Å². The first-order valence-corrected chi connectivity index (χ1v) is 9.92. The summed E-state index contributed by atoms with van der Waals surface area (Å²) in [5, 5.41) is 13.6. The number of hydrogen-bond donors (Lipinski definition) is 3. The number of fused-ring (bicyclic) bond motifs is 1. The van der Waals surface area contributed by atoms with Crippen LogP contribution >= 0.6 is 0 Å². The van der Waals surface area contributed by atoms with Gasteiger partial charge in [-0.25, -0.2) is 14.4 Å². The fourth-order valence-electron chi connectivity index (χ4n) is 3.94. The number of ether oxygens (including phenoxy) is 1. The van der Waals surface area contributed by atoms with E-state index in [9.17, 15) is 4.39 Å². The van der Waals surface area contributed by atoms with Gasteiger partial charge in [0.2, 0.25) is 0 Å². The zero-order chi connectivity index (χ0) is 20.5. The van der Waals surface area contributed by atoms with Crippen molar-refractivity contribution < 1.29 is 9.13 Å². The third-order valence-electron chi connectivity index (χ3n) is 5.42. The Morgan fingerprint density at radius 3 is 2.90 bits per heavy atom. The maximum atomic E-state index is 14.3. The van der Waals surface area contributed by atoms with Gasteiger partial charge in [0, 0.05) is 18.3 Å². The van der Waals surface area contributed by atoms with E-state index in [4.69, 9.17) is 9.72 Å². The number of methoxy groups -OCH3 is 1. The largest absolute Gasteiger partial charge is 0.496 e. The highest BCUT2D eigenvalue weighted by molar-refractivity contribution is 5.75. The van der Waals surface area contributed by atoms with E-state index in [0.717, 1.165) is 37.1 Å². The molecule has 4 heterocycles. The highest BCUT2D eigenvalue weighted by atomic mass is 19.1. The van der Waals surface area contributed by atoms with Crippen LogP contribution in [-0.2, 0) is 0 Å². The minimum atomic E-state index is -0.384. The van der Waals surface area contributed by atoms with Crippen LogP contribution in [0.3, 0.4) is 0 Å². The third-order valence-corrected chi connectivity index (χ3v) is 5.42. The number of H-pyrrole nitrogens is 1. The van der Waals surface area contributed by atoms with Crippen LogP contribution in [0.4, 0.5) is 16.0 Å². The molecule has 0 atom stereocenters. The summed E-state index contributed by atoms with van der Waals surface area (Å²) < 4.78 is 21.8. The average molecular weight is 407 g/mol. The maximum absolute atomic E-state index is 14.3. The van der Waals surface area contributed by atoms with Gasteiger partial charge in [-0.3, -0.25) is 5.10 Å². The molecule has 0 radical (unpaired) electrons. The van der Waals surface area contributed by atoms with Crippen LogP contribution in [0.15, 0.2) is 42.7 Å². The predicted molar refractivity (Wildman–Crippen MR) is 112 cm³/mol. The molecule has 0 saturated carbocycles. The summed E-state index contributed by atoms with van der Waals surface area (Å²) in [6.45, 7) is 2.01. The van der Waals surface area contributed by atoms with Crippen molar-refractivity contribution in [1.82, 2.24) is 30.0 Å². The zero-order valence-electron chi connectivity index (χ0n) is 16.5. The van der Waals surface area contributed by atoms with Crippen LogP contribution in [0, 0.1) is 5.82 Å². The fourth-order valence-corrected chi connectivity index (χ4v) is 3.94. The van der Waals surface area contributed by atoms with Crippen LogP contribution < -0.4 is 15.4 Å². The normalized spacial score (nSPS) is 14.9. The summed E-state index contributed by atoms with van der Waals surface area (Å²) in [4.78, 5) is 9.28. The molecule has 0 amide bonds. The summed E-state index contributed by atoms with van der Waals surface area (Å²) in [5.41, 5.74) is 2.55. The van der Waals surface area contributed by atoms with Crippen LogP contribution in [0.1, 0.15) is 18.9 Å². The van der Waals surface area contributed by atoms with E-state index in [1.165, 1.54) is 13.2 Å². The van der Waals surface area contributed by atoms with Crippen molar-refractivity contribution in [2.75, 3.05) is 25.5 Å². The van der Waals surface area contributed by atoms with Crippen molar-refractivity contribution in [3.8, 4) is 17.0 Å². The molecule has 0 spiro atoms. The van der Waals surface area contributed by atoms with E-state index in [0.29, 0.717) is 34.7 Å². The van der Waals surface area contributed by atoms with Crippen molar-refractivity contribution in [2.24, 2.45) is 0 Å². The van der Waals surface area contributed by atoms with Crippen LogP contribution in [-0.4, -0.2) is 44.9 Å². The molecule has 154 valence electrons. The minimum Gasteiger partial charge on any atom is -0.496 e. The molecule has 0 bridgehead atoms. The SMILES string of the molecule is COc1cccc(F)c1-c1cc(Nc2cnc3ccn(C4CCNCC4)c3n2)n[nH]1. The first-order valence-electron chi connectivity index (χ1n) is 9.92. The zero-order valence-corrected chi connectivity index (χ0v) is 16.5. The first kappa shape index (κ1) is 18.6. The van der Waals surface area contributed by atoms with Gasteiger partial charge in [0.15, 0.2) is 17.3 Å². The fraction of sp³-hybridized carbons (Fsp3) is 0.286. The van der Waals surface area contributed by atoms with Crippen molar-refractivity contribution >= 4 is 22.8 Å². The molecule has 9 heteroatoms. The topological polar surface area (TPSA) is 92.7 Å². The minimum absolute atomic E-state index is 0.335. The predicted octanol–water partition coefficient (Wildman–Crippen LogP) is 3.64. The molecule has 1 aliphatic rings. The molecular formula is C21H22FN7O. The van der Waals surface area contributed by atoms with Gasteiger partial charge < -0.3 is 19.9 Å². The number of rotatable bonds is 5. The lowest BCUT2D eigenvalue weighted by Gasteiger charge is -2.24. The maximum Gasteiger partial charge on any atom is 0.161 e. The van der Waals surface area contributed by atoms with Gasteiger partial charge in [0.25, 0.3) is 0 Å². The lowest BCUT2D eigenvalue weighted by molar-refractivity contribution is 0.375. The van der Waals surface area contributed by atoms with Gasteiger partial charge in [-0.2, -0.15) is 5.10 Å². The average Bonchev–Trinajstić information content (AvgIpc) is 3.41. The molecule has 8 nitrogen and oxygen atoms in total. The van der Waals surface area contributed by atoms with Crippen molar-refractivity contribution in [1.29, 1.82) is 0 Å². The summed E-state index contributed by atoms with van der Waals surface area (Å²) in [5.74, 6) is 1.15. The lowest BCUT2D eigenvalue weighted by atomic mass is 10.1. The van der Waals surface area contributed by atoms with E-state index in [2.05, 4.69) is 36.6 Å². The molecule has 3 N–H and O–H groups in total. The Morgan fingerprint density at radius 1 is 1.20 bits per heavy atom. The summed E-state index contributed by atoms with van der Waals surface area (Å²) in [6, 6.07) is 8.83. The molecule has 4 aromatic rings. The summed E-state index contributed by atoms with van der Waals surface area (Å²) >= 11 is 0. The molecule has 1 fully saturated rings. The van der Waals surface area contributed by atoms with Crippen molar-refractivity contribution in [3.63, 3.8) is 0 Å². The molecule has 0 unspecified atom stereocenters. The van der Waals surface area contributed by atoms with E-state index < -0.39 is 0 Å². The van der Waals surface area contributed by atoms with Gasteiger partial charge in [-0.15, -0.1) is 0 Å². The second-order valence-electron chi connectivity index (χ2n) is 7.28. The lowest BCUT2D eigenvalue weighted by Crippen LogP contribution is -2.29. The standard InChI is InChI=1S/C21H22FN7O/c1-30-17-4-2-3-14(22)20(17)16-11-18(28-27-16)25-19-12-24-15-7-10-29(21(15)26-19)13-5-8-23-9-6-13/h2-4,7,10-13,23H,5-6,8-9H2,1H3,(H2,25,26,27,28). The number of aromatic amines is 1. The van der Waals surface area contributed by atoms with E-state index in [-0.39, 0.29) is 5.82 Å². The monoisotopic (exact) mass is 407 g/mol. The Labute approximate surface area is 172 Å². The molecule has 1 saturated heterocycles. The van der Waals surface area contributed by atoms with Gasteiger partial charge in [-0.1, -0.05) is 6.07 Å². The second-order valence-corrected chi connectivity index (χ2v) is 7.28. The highest BCUT2D eigenvalue weighted by Gasteiger charge is 2.18. The van der Waals surface area contributed by atoms with E-state index in [1.54, 1.807) is 24.4 Å². The molecule has 1 aromatic carbocycles. The third kappa shape index (κ3) is 3.37. The quantitative estimate of drug-likeness (QED) is 0.468. The van der Waals surface area contributed by atoms with Crippen LogP contribution in [0.2, 0.25) is 0 Å². The molecule has 30 heavy (non-hydrogen) atoms. The number of nitrogens with one attached hydrogen (secondary N) is 3. The Hall–Kier alpha value is -3.46. The first-order chi connectivity index (χ1) is 14.7. The Bertz CT molecular complexity index is 1180. The van der Waals surface area contributed by atoms with Gasteiger partial charge >= 0.3 is 0 Å². The van der Waals surface area contributed by atoms with Gasteiger partial charge in [0.05, 0.1) is 24.6 Å². The smallest absolute Gasteiger partial charge is 0.161 e. The molecule has 0 aliphatic carbocycles. The Morgan fingerprint density at radius 2 is 2.07 bits per heavy atom. The number of nitrogens with zero attached hydrogens (tertiary/aromatic N) is 4. The molecule has 1 aliphatic heterocycles. The number of benzene rings is 1. The highest BCUT2D eigenvalue weighted by Crippen LogP contribution is 2.32. The van der Waals surface area contributed by atoms with Crippen molar-refractivity contribution in [3.05, 3.63) is 48.5 Å². The molecular weight excluding hydrogens is 385 g/mol. The summed E-state index contributed by atoms with van der Waals surface area (Å²) in [7, 11) is 1.51. The number of piperidine rings is 1. The second kappa shape index (κ2) is 7.75. The number of halogens is 1. The van der Waals surface area contributed by atoms with E-state index in [1.807, 2.05) is 6.07 Å². The van der Waals surface area contributed by atoms with E-state index >= 15 is 0 Å². The van der Waals surface area contributed by atoms with Crippen LogP contribution in [0.5, 0.6) is 5.75 Å². The van der Waals surface area contributed by atoms with Gasteiger partial charge in [0.1, 0.15) is 17.1 Å². The molecule has 5 rings (SSSR count). The van der Waals surface area contributed by atoms with Crippen LogP contribution in [0.25, 0.3) is 22.4 Å².